The van der Waals surface area contributed by atoms with Crippen LogP contribution >= 0.6 is 23.2 Å². The van der Waals surface area contributed by atoms with Crippen molar-refractivity contribution in [3.63, 3.8) is 0 Å². The van der Waals surface area contributed by atoms with E-state index in [1.165, 1.54) is 30.3 Å². The summed E-state index contributed by atoms with van der Waals surface area (Å²) in [5.74, 6) is -3.47. The van der Waals surface area contributed by atoms with Crippen LogP contribution in [0.3, 0.4) is 0 Å². The standard InChI is InChI=1S/C20H22Cl2N4O5/c1-26(2)7-3-6-23-18(29)11-4-5-14(16(27)8-11)24-19(30)20(31)25-15-10-12(21)9-13(22)17(15)28/h4-5,8-10,27-28H,3,6-7H2,1-2H3,(H,23,29)(H,24,30)(H,25,31). The molecule has 2 rings (SSSR count). The highest BCUT2D eigenvalue weighted by Gasteiger charge is 2.19. The second-order valence-corrected chi connectivity index (χ2v) is 7.68. The summed E-state index contributed by atoms with van der Waals surface area (Å²) in [6.07, 6.45) is 0.765. The highest BCUT2D eigenvalue weighted by molar-refractivity contribution is 6.44. The lowest BCUT2D eigenvalue weighted by Crippen LogP contribution is -2.29. The molecule has 0 bridgehead atoms. The fourth-order valence-electron chi connectivity index (χ4n) is 2.50. The lowest BCUT2D eigenvalue weighted by atomic mass is 10.1. The molecule has 9 nitrogen and oxygen atoms in total. The number of benzene rings is 2. The molecule has 0 heterocycles. The van der Waals surface area contributed by atoms with Gasteiger partial charge in [0.25, 0.3) is 5.91 Å². The number of rotatable bonds is 7. The Labute approximate surface area is 188 Å². The minimum atomic E-state index is -1.13. The quantitative estimate of drug-likeness (QED) is 0.241. The first-order valence-corrected chi connectivity index (χ1v) is 9.90. The van der Waals surface area contributed by atoms with Crippen LogP contribution < -0.4 is 16.0 Å². The van der Waals surface area contributed by atoms with Gasteiger partial charge in [-0.1, -0.05) is 23.2 Å². The Hall–Kier alpha value is -3.01. The molecule has 0 saturated carbocycles. The molecular weight excluding hydrogens is 447 g/mol. The fourth-order valence-corrected chi connectivity index (χ4v) is 2.99. The summed E-state index contributed by atoms with van der Waals surface area (Å²) in [7, 11) is 3.86. The number of nitrogens with one attached hydrogen (secondary N) is 3. The van der Waals surface area contributed by atoms with Crippen LogP contribution in [0.2, 0.25) is 10.0 Å². The first-order valence-electron chi connectivity index (χ1n) is 9.14. The van der Waals surface area contributed by atoms with Crippen molar-refractivity contribution in [2.24, 2.45) is 0 Å². The molecule has 5 N–H and O–H groups in total. The molecule has 0 aliphatic heterocycles. The highest BCUT2D eigenvalue weighted by atomic mass is 35.5. The number of amides is 3. The van der Waals surface area contributed by atoms with Crippen LogP contribution in [0.15, 0.2) is 30.3 Å². The van der Waals surface area contributed by atoms with Gasteiger partial charge in [0.2, 0.25) is 0 Å². The second-order valence-electron chi connectivity index (χ2n) is 6.84. The van der Waals surface area contributed by atoms with Crippen molar-refractivity contribution in [3.8, 4) is 11.5 Å². The maximum atomic E-state index is 12.1. The molecule has 0 spiro atoms. The zero-order valence-corrected chi connectivity index (χ0v) is 18.3. The molecule has 166 valence electrons. The average Bonchev–Trinajstić information content (AvgIpc) is 2.70. The van der Waals surface area contributed by atoms with E-state index in [1.54, 1.807) is 0 Å². The summed E-state index contributed by atoms with van der Waals surface area (Å²) in [5.41, 5.74) is -0.0240. The largest absolute Gasteiger partial charge is 0.506 e. The van der Waals surface area contributed by atoms with E-state index in [2.05, 4.69) is 16.0 Å². The molecule has 0 fully saturated rings. The van der Waals surface area contributed by atoms with E-state index in [4.69, 9.17) is 23.2 Å². The number of hydrogen-bond acceptors (Lipinski definition) is 6. The maximum absolute atomic E-state index is 12.1. The van der Waals surface area contributed by atoms with E-state index in [-0.39, 0.29) is 32.9 Å². The van der Waals surface area contributed by atoms with Gasteiger partial charge < -0.3 is 31.1 Å². The molecule has 0 atom stereocenters. The van der Waals surface area contributed by atoms with Gasteiger partial charge >= 0.3 is 11.8 Å². The van der Waals surface area contributed by atoms with Crippen molar-refractivity contribution in [2.75, 3.05) is 37.8 Å². The minimum absolute atomic E-state index is 0.0716. The van der Waals surface area contributed by atoms with E-state index >= 15 is 0 Å². The highest BCUT2D eigenvalue weighted by Crippen LogP contribution is 2.35. The van der Waals surface area contributed by atoms with Gasteiger partial charge in [-0.05, 0) is 57.4 Å². The summed E-state index contributed by atoms with van der Waals surface area (Å²) < 4.78 is 0. The van der Waals surface area contributed by atoms with E-state index in [1.807, 2.05) is 19.0 Å². The number of phenolic OH excluding ortho intramolecular Hbond substituents is 2. The number of phenols is 2. The number of nitrogens with zero attached hydrogens (tertiary/aromatic N) is 1. The minimum Gasteiger partial charge on any atom is -0.506 e. The van der Waals surface area contributed by atoms with Crippen molar-refractivity contribution < 1.29 is 24.6 Å². The molecule has 0 unspecified atom stereocenters. The van der Waals surface area contributed by atoms with Crippen LogP contribution in [0, 0.1) is 0 Å². The number of aromatic hydroxyl groups is 2. The first kappa shape index (κ1) is 24.3. The summed E-state index contributed by atoms with van der Waals surface area (Å²) in [5, 5.41) is 27.1. The Morgan fingerprint density at radius 1 is 0.968 bits per heavy atom. The van der Waals surface area contributed by atoms with Gasteiger partial charge in [0.1, 0.15) is 5.75 Å². The third-order valence-electron chi connectivity index (χ3n) is 4.06. The zero-order valence-electron chi connectivity index (χ0n) is 16.8. The summed E-state index contributed by atoms with van der Waals surface area (Å²) in [4.78, 5) is 38.4. The van der Waals surface area contributed by atoms with E-state index in [0.29, 0.717) is 6.54 Å². The summed E-state index contributed by atoms with van der Waals surface area (Å²) >= 11 is 11.6. The molecule has 3 amide bonds. The molecule has 31 heavy (non-hydrogen) atoms. The van der Waals surface area contributed by atoms with Gasteiger partial charge in [-0.2, -0.15) is 0 Å². The Bertz CT molecular complexity index is 998. The Morgan fingerprint density at radius 2 is 1.61 bits per heavy atom. The zero-order chi connectivity index (χ0) is 23.1. The number of carbonyl (C=O) groups excluding carboxylic acids is 3. The lowest BCUT2D eigenvalue weighted by molar-refractivity contribution is -0.133. The van der Waals surface area contributed by atoms with E-state index < -0.39 is 23.3 Å². The van der Waals surface area contributed by atoms with Crippen molar-refractivity contribution in [3.05, 3.63) is 45.9 Å². The molecule has 0 radical (unpaired) electrons. The Morgan fingerprint density at radius 3 is 2.23 bits per heavy atom. The number of halogens is 2. The lowest BCUT2D eigenvalue weighted by Gasteiger charge is -2.12. The van der Waals surface area contributed by atoms with Crippen LogP contribution in [0.1, 0.15) is 16.8 Å². The van der Waals surface area contributed by atoms with Crippen molar-refractivity contribution in [2.45, 2.75) is 6.42 Å². The predicted octanol–water partition coefficient (Wildman–Crippen LogP) is 2.66. The van der Waals surface area contributed by atoms with Gasteiger partial charge in [-0.3, -0.25) is 14.4 Å². The molecule has 2 aromatic carbocycles. The molecule has 0 saturated heterocycles. The van der Waals surface area contributed by atoms with Crippen LogP contribution in [0.4, 0.5) is 11.4 Å². The second kappa shape index (κ2) is 10.9. The van der Waals surface area contributed by atoms with E-state index in [0.717, 1.165) is 13.0 Å². The van der Waals surface area contributed by atoms with Crippen molar-refractivity contribution in [1.82, 2.24) is 10.2 Å². The number of hydrogen-bond donors (Lipinski definition) is 5. The van der Waals surface area contributed by atoms with E-state index in [9.17, 15) is 24.6 Å². The number of carbonyl (C=O) groups is 3. The topological polar surface area (TPSA) is 131 Å². The molecule has 0 aromatic heterocycles. The van der Waals surface area contributed by atoms with Crippen molar-refractivity contribution >= 4 is 52.3 Å². The predicted molar refractivity (Wildman–Crippen MR) is 119 cm³/mol. The molecule has 2 aromatic rings. The van der Waals surface area contributed by atoms with Gasteiger partial charge in [-0.25, -0.2) is 0 Å². The summed E-state index contributed by atoms with van der Waals surface area (Å²) in [6.45, 7) is 1.29. The van der Waals surface area contributed by atoms with Crippen LogP contribution in [-0.2, 0) is 9.59 Å². The summed E-state index contributed by atoms with van der Waals surface area (Å²) in [6, 6.07) is 6.36. The maximum Gasteiger partial charge on any atom is 0.314 e. The third kappa shape index (κ3) is 7.02. The Kier molecular flexibility index (Phi) is 8.49. The molecule has 0 aliphatic carbocycles. The number of anilines is 2. The SMILES string of the molecule is CN(C)CCCNC(=O)c1ccc(NC(=O)C(=O)Nc2cc(Cl)cc(Cl)c2O)c(O)c1. The van der Waals surface area contributed by atoms with Gasteiger partial charge in [0, 0.05) is 17.1 Å². The normalized spacial score (nSPS) is 10.6. The monoisotopic (exact) mass is 468 g/mol. The van der Waals surface area contributed by atoms with Crippen LogP contribution in [-0.4, -0.2) is 60.0 Å². The third-order valence-corrected chi connectivity index (χ3v) is 4.56. The first-order chi connectivity index (χ1) is 14.6. The molecule has 0 aliphatic rings. The Balaban J connectivity index is 1.99. The van der Waals surface area contributed by atoms with Gasteiger partial charge in [0.05, 0.1) is 16.4 Å². The van der Waals surface area contributed by atoms with Crippen LogP contribution in [0.5, 0.6) is 11.5 Å². The van der Waals surface area contributed by atoms with Gasteiger partial charge in [0.15, 0.2) is 5.75 Å². The average molecular weight is 469 g/mol. The van der Waals surface area contributed by atoms with Crippen LogP contribution in [0.25, 0.3) is 0 Å². The smallest absolute Gasteiger partial charge is 0.314 e. The van der Waals surface area contributed by atoms with Crippen molar-refractivity contribution in [1.29, 1.82) is 0 Å². The van der Waals surface area contributed by atoms with Gasteiger partial charge in [-0.15, -0.1) is 0 Å². The molecular formula is C20H22Cl2N4O5. The molecule has 11 heteroatoms. The fraction of sp³-hybridized carbons (Fsp3) is 0.250.